The van der Waals surface area contributed by atoms with Gasteiger partial charge in [-0.05, 0) is 6.07 Å². The zero-order chi connectivity index (χ0) is 10.4. The minimum atomic E-state index is 0.485. The zero-order valence-electron chi connectivity index (χ0n) is 7.63. The molecule has 0 radical (unpaired) electrons. The molecule has 3 nitrogen and oxygen atoms in total. The van der Waals surface area contributed by atoms with Crippen molar-refractivity contribution in [2.24, 2.45) is 0 Å². The molecule has 1 aromatic heterocycles. The van der Waals surface area contributed by atoms with Gasteiger partial charge in [0, 0.05) is 16.6 Å². The third-order valence-electron chi connectivity index (χ3n) is 1.53. The number of anilines is 1. The molecule has 0 saturated heterocycles. The largest absolute Gasteiger partial charge is 0.481 e. The van der Waals surface area contributed by atoms with E-state index in [1.165, 1.54) is 5.54 Å². The van der Waals surface area contributed by atoms with Gasteiger partial charge in [-0.15, -0.1) is 0 Å². The molecule has 0 amide bonds. The fourth-order valence-electron chi connectivity index (χ4n) is 0.831. The lowest BCUT2D eigenvalue weighted by Crippen LogP contribution is -2.01. The minimum absolute atomic E-state index is 0.485. The Hall–Kier alpha value is -0.930. The number of nitrogens with one attached hydrogen (secondary N) is 1. The summed E-state index contributed by atoms with van der Waals surface area (Å²) >= 11 is 11.1. The summed E-state index contributed by atoms with van der Waals surface area (Å²) in [7, 11) is 1.57. The van der Waals surface area contributed by atoms with Crippen molar-refractivity contribution in [2.75, 3.05) is 19.0 Å². The highest BCUT2D eigenvalue weighted by atomic mass is 35.5. The van der Waals surface area contributed by atoms with E-state index in [1.54, 1.807) is 19.4 Å². The maximum absolute atomic E-state index is 5.70. The molecule has 5 heteroatoms. The molecular weight excluding hydrogens is 223 g/mol. The van der Waals surface area contributed by atoms with Crippen LogP contribution in [0.15, 0.2) is 28.9 Å². The standard InChI is InChI=1S/C9H10Cl2N2O/c1-14-9-3-2-8(6-13-9)12-5-7(11)4-10/h2-4,6,12H,5H2,1H3. The first-order valence-electron chi connectivity index (χ1n) is 3.95. The maximum atomic E-state index is 5.70. The van der Waals surface area contributed by atoms with Gasteiger partial charge in [0.25, 0.3) is 0 Å². The smallest absolute Gasteiger partial charge is 0.213 e. The van der Waals surface area contributed by atoms with E-state index in [9.17, 15) is 0 Å². The molecule has 0 saturated carbocycles. The maximum Gasteiger partial charge on any atom is 0.213 e. The van der Waals surface area contributed by atoms with Gasteiger partial charge in [-0.1, -0.05) is 23.2 Å². The van der Waals surface area contributed by atoms with E-state index in [1.807, 2.05) is 6.07 Å². The summed E-state index contributed by atoms with van der Waals surface area (Å²) < 4.78 is 4.92. The van der Waals surface area contributed by atoms with Crippen molar-refractivity contribution in [1.29, 1.82) is 0 Å². The van der Waals surface area contributed by atoms with E-state index in [2.05, 4.69) is 10.3 Å². The van der Waals surface area contributed by atoms with Gasteiger partial charge >= 0.3 is 0 Å². The number of halogens is 2. The molecule has 1 rings (SSSR count). The molecule has 0 unspecified atom stereocenters. The molecular formula is C9H10Cl2N2O. The summed E-state index contributed by atoms with van der Waals surface area (Å²) in [6.45, 7) is 0.485. The van der Waals surface area contributed by atoms with Crippen molar-refractivity contribution in [3.05, 3.63) is 28.9 Å². The van der Waals surface area contributed by atoms with Crippen LogP contribution in [-0.4, -0.2) is 18.6 Å². The molecule has 1 N–H and O–H groups in total. The van der Waals surface area contributed by atoms with Crippen LogP contribution in [0, 0.1) is 0 Å². The van der Waals surface area contributed by atoms with Crippen LogP contribution in [0.25, 0.3) is 0 Å². The van der Waals surface area contributed by atoms with Crippen molar-refractivity contribution < 1.29 is 4.74 Å². The SMILES string of the molecule is COc1ccc(NCC(Cl)=CCl)cn1. The molecule has 0 aromatic carbocycles. The van der Waals surface area contributed by atoms with Crippen LogP contribution in [0.2, 0.25) is 0 Å². The summed E-state index contributed by atoms with van der Waals surface area (Å²) in [6.07, 6.45) is 1.66. The molecule has 76 valence electrons. The van der Waals surface area contributed by atoms with E-state index in [-0.39, 0.29) is 0 Å². The summed E-state index contributed by atoms with van der Waals surface area (Å²) in [6, 6.07) is 3.62. The van der Waals surface area contributed by atoms with E-state index < -0.39 is 0 Å². The average Bonchev–Trinajstić information content (AvgIpc) is 2.26. The Morgan fingerprint density at radius 1 is 1.64 bits per heavy atom. The summed E-state index contributed by atoms with van der Waals surface area (Å²) in [5.41, 5.74) is 2.19. The van der Waals surface area contributed by atoms with Crippen LogP contribution in [0.1, 0.15) is 0 Å². The van der Waals surface area contributed by atoms with Crippen LogP contribution < -0.4 is 10.1 Å². The Bertz CT molecular complexity index is 311. The Balaban J connectivity index is 2.52. The van der Waals surface area contributed by atoms with E-state index >= 15 is 0 Å². The van der Waals surface area contributed by atoms with Gasteiger partial charge in [-0.3, -0.25) is 0 Å². The second-order valence-corrected chi connectivity index (χ2v) is 3.20. The molecule has 0 aliphatic carbocycles. The molecule has 0 aliphatic heterocycles. The van der Waals surface area contributed by atoms with Crippen molar-refractivity contribution in [2.45, 2.75) is 0 Å². The number of hydrogen-bond donors (Lipinski definition) is 1. The van der Waals surface area contributed by atoms with Crippen LogP contribution in [-0.2, 0) is 0 Å². The quantitative estimate of drug-likeness (QED) is 0.868. The lowest BCUT2D eigenvalue weighted by molar-refractivity contribution is 0.398. The molecule has 0 fully saturated rings. The minimum Gasteiger partial charge on any atom is -0.481 e. The van der Waals surface area contributed by atoms with Crippen LogP contribution >= 0.6 is 23.2 Å². The van der Waals surface area contributed by atoms with Crippen molar-refractivity contribution >= 4 is 28.9 Å². The predicted octanol–water partition coefficient (Wildman–Crippen LogP) is 2.82. The van der Waals surface area contributed by atoms with Gasteiger partial charge in [0.05, 0.1) is 25.5 Å². The molecule has 0 bridgehead atoms. The number of nitrogens with zero attached hydrogens (tertiary/aromatic N) is 1. The summed E-state index contributed by atoms with van der Waals surface area (Å²) in [5.74, 6) is 0.578. The summed E-state index contributed by atoms with van der Waals surface area (Å²) in [5, 5.41) is 3.59. The Labute approximate surface area is 92.7 Å². The second-order valence-electron chi connectivity index (χ2n) is 2.50. The van der Waals surface area contributed by atoms with Crippen LogP contribution in [0.5, 0.6) is 5.88 Å². The molecule has 0 spiro atoms. The molecule has 0 atom stereocenters. The van der Waals surface area contributed by atoms with Gasteiger partial charge in [0.2, 0.25) is 5.88 Å². The lowest BCUT2D eigenvalue weighted by Gasteiger charge is -2.04. The fourth-order valence-corrected chi connectivity index (χ4v) is 0.975. The van der Waals surface area contributed by atoms with Gasteiger partial charge in [0.15, 0.2) is 0 Å². The first-order chi connectivity index (χ1) is 6.76. The van der Waals surface area contributed by atoms with Crippen LogP contribution in [0.4, 0.5) is 5.69 Å². The number of aromatic nitrogens is 1. The average molecular weight is 233 g/mol. The van der Waals surface area contributed by atoms with Gasteiger partial charge in [-0.25, -0.2) is 4.98 Å². The van der Waals surface area contributed by atoms with Crippen molar-refractivity contribution in [1.82, 2.24) is 4.98 Å². The lowest BCUT2D eigenvalue weighted by atomic mass is 10.4. The highest BCUT2D eigenvalue weighted by Crippen LogP contribution is 2.12. The van der Waals surface area contributed by atoms with E-state index in [0.717, 1.165) is 5.69 Å². The molecule has 1 heterocycles. The Kier molecular flexibility index (Phi) is 4.56. The number of hydrogen-bond acceptors (Lipinski definition) is 3. The highest BCUT2D eigenvalue weighted by molar-refractivity contribution is 6.36. The molecule has 1 aromatic rings. The van der Waals surface area contributed by atoms with Gasteiger partial charge < -0.3 is 10.1 Å². The number of rotatable bonds is 4. The first kappa shape index (κ1) is 11.1. The normalized spacial score (nSPS) is 11.2. The fraction of sp³-hybridized carbons (Fsp3) is 0.222. The third kappa shape index (κ3) is 3.44. The van der Waals surface area contributed by atoms with Crippen molar-refractivity contribution in [3.63, 3.8) is 0 Å². The van der Waals surface area contributed by atoms with E-state index in [4.69, 9.17) is 27.9 Å². The second kappa shape index (κ2) is 5.73. The molecule has 0 aliphatic rings. The van der Waals surface area contributed by atoms with Crippen LogP contribution in [0.3, 0.4) is 0 Å². The summed E-state index contributed by atoms with van der Waals surface area (Å²) in [4.78, 5) is 4.02. The monoisotopic (exact) mass is 232 g/mol. The topological polar surface area (TPSA) is 34.1 Å². The van der Waals surface area contributed by atoms with Crippen molar-refractivity contribution in [3.8, 4) is 5.88 Å². The molecule has 14 heavy (non-hydrogen) atoms. The first-order valence-corrected chi connectivity index (χ1v) is 4.76. The van der Waals surface area contributed by atoms with Gasteiger partial charge in [0.1, 0.15) is 0 Å². The van der Waals surface area contributed by atoms with Gasteiger partial charge in [-0.2, -0.15) is 0 Å². The predicted molar refractivity (Wildman–Crippen MR) is 59.1 cm³/mol. The zero-order valence-corrected chi connectivity index (χ0v) is 9.14. The number of pyridine rings is 1. The third-order valence-corrected chi connectivity index (χ3v) is 2.14. The highest BCUT2D eigenvalue weighted by Gasteiger charge is 1.95. The van der Waals surface area contributed by atoms with E-state index in [0.29, 0.717) is 17.5 Å². The number of ether oxygens (including phenoxy) is 1. The Morgan fingerprint density at radius 3 is 2.93 bits per heavy atom. The number of methoxy groups -OCH3 is 1. The Morgan fingerprint density at radius 2 is 2.43 bits per heavy atom.